The minimum absolute atomic E-state index is 0. The van der Waals surface area contributed by atoms with Crippen LogP contribution in [-0.2, 0) is 13.1 Å². The molecule has 0 aliphatic rings. The highest BCUT2D eigenvalue weighted by Crippen LogP contribution is 2.01. The Morgan fingerprint density at radius 2 is 1.45 bits per heavy atom. The van der Waals surface area contributed by atoms with Gasteiger partial charge in [0.1, 0.15) is 0 Å². The summed E-state index contributed by atoms with van der Waals surface area (Å²) in [5, 5.41) is 6.62. The molecule has 0 saturated carbocycles. The van der Waals surface area contributed by atoms with E-state index in [1.807, 2.05) is 36.4 Å². The monoisotopic (exact) mass is 379 g/mol. The normalized spacial score (nSPS) is 10.7. The molecule has 3 nitrogen and oxygen atoms in total. The molecule has 2 aromatic carbocycles. The largest absolute Gasteiger partial charge is 0.356 e. The Bertz CT molecular complexity index is 546. The number of nitrogens with zero attached hydrogens (tertiary/aromatic N) is 1. The molecule has 0 spiro atoms. The Morgan fingerprint density at radius 1 is 0.864 bits per heavy atom. The van der Waals surface area contributed by atoms with E-state index in [1.165, 1.54) is 11.1 Å². The van der Waals surface area contributed by atoms with Crippen LogP contribution in [-0.4, -0.2) is 18.3 Å². The highest BCUT2D eigenvalue weighted by molar-refractivity contribution is 8.93. The van der Waals surface area contributed by atoms with Crippen molar-refractivity contribution >= 4 is 35.6 Å². The first-order chi connectivity index (χ1) is 10.4. The number of aliphatic imine (C=N–C) groups is 1. The van der Waals surface area contributed by atoms with Gasteiger partial charge < -0.3 is 10.6 Å². The van der Waals surface area contributed by atoms with Crippen LogP contribution in [0.5, 0.6) is 0 Å². The lowest BCUT2D eigenvalue weighted by atomic mass is 10.2. The first-order valence-electron chi connectivity index (χ1n) is 7.09. The predicted molar refractivity (Wildman–Crippen MR) is 103 cm³/mol. The van der Waals surface area contributed by atoms with Gasteiger partial charge in [-0.3, -0.25) is 0 Å². The lowest BCUT2D eigenvalue weighted by Crippen LogP contribution is -2.38. The molecule has 118 valence electrons. The van der Waals surface area contributed by atoms with Gasteiger partial charge in [-0.05, 0) is 11.1 Å². The number of hydrogen-bond donors (Lipinski definition) is 3. The second kappa shape index (κ2) is 11.2. The van der Waals surface area contributed by atoms with Crippen molar-refractivity contribution in [1.82, 2.24) is 10.6 Å². The SMILES string of the molecule is Br.SCCNC(=NCc1ccccc1)NCc1ccccc1. The zero-order chi connectivity index (χ0) is 14.8. The molecule has 5 heteroatoms. The predicted octanol–water partition coefficient (Wildman–Crippen LogP) is 3.43. The molecule has 0 atom stereocenters. The summed E-state index contributed by atoms with van der Waals surface area (Å²) in [6, 6.07) is 20.5. The number of halogens is 1. The molecule has 0 unspecified atom stereocenters. The Balaban J connectivity index is 0.00000242. The fraction of sp³-hybridized carbons (Fsp3) is 0.235. The van der Waals surface area contributed by atoms with Crippen molar-refractivity contribution in [3.63, 3.8) is 0 Å². The smallest absolute Gasteiger partial charge is 0.191 e. The standard InChI is InChI=1S/C17H21N3S.BrH/c21-12-11-18-17(19-13-15-7-3-1-4-8-15)20-14-16-9-5-2-6-10-16;/h1-10,21H,11-14H2,(H2,18,19,20);1H. The average molecular weight is 380 g/mol. The van der Waals surface area contributed by atoms with Gasteiger partial charge in [-0.1, -0.05) is 60.7 Å². The van der Waals surface area contributed by atoms with Gasteiger partial charge in [-0.25, -0.2) is 4.99 Å². The quantitative estimate of drug-likeness (QED) is 0.408. The zero-order valence-corrected chi connectivity index (χ0v) is 15.0. The number of thiol groups is 1. The number of rotatable bonds is 6. The van der Waals surface area contributed by atoms with Gasteiger partial charge in [0.15, 0.2) is 5.96 Å². The van der Waals surface area contributed by atoms with Gasteiger partial charge in [0.25, 0.3) is 0 Å². The van der Waals surface area contributed by atoms with Crippen molar-refractivity contribution in [2.75, 3.05) is 12.3 Å². The minimum Gasteiger partial charge on any atom is -0.356 e. The number of nitrogens with one attached hydrogen (secondary N) is 2. The van der Waals surface area contributed by atoms with Crippen molar-refractivity contribution in [3.05, 3.63) is 71.8 Å². The Kier molecular flexibility index (Phi) is 9.42. The summed E-state index contributed by atoms with van der Waals surface area (Å²) in [7, 11) is 0. The van der Waals surface area contributed by atoms with Gasteiger partial charge in [0, 0.05) is 18.8 Å². The molecule has 22 heavy (non-hydrogen) atoms. The Morgan fingerprint density at radius 3 is 2.05 bits per heavy atom. The van der Waals surface area contributed by atoms with Crippen LogP contribution in [0.4, 0.5) is 0 Å². The molecule has 2 aromatic rings. The lowest BCUT2D eigenvalue weighted by Gasteiger charge is -2.12. The topological polar surface area (TPSA) is 36.4 Å². The maximum atomic E-state index is 4.61. The molecule has 0 amide bonds. The van der Waals surface area contributed by atoms with Gasteiger partial charge in [-0.2, -0.15) is 12.6 Å². The van der Waals surface area contributed by atoms with E-state index in [9.17, 15) is 0 Å². The van der Waals surface area contributed by atoms with Crippen LogP contribution < -0.4 is 10.6 Å². The summed E-state index contributed by atoms with van der Waals surface area (Å²) >= 11 is 4.23. The van der Waals surface area contributed by atoms with Crippen LogP contribution in [0.15, 0.2) is 65.7 Å². The van der Waals surface area contributed by atoms with Crippen molar-refractivity contribution < 1.29 is 0 Å². The lowest BCUT2D eigenvalue weighted by molar-refractivity contribution is 0.819. The highest BCUT2D eigenvalue weighted by Gasteiger charge is 1.98. The van der Waals surface area contributed by atoms with Crippen LogP contribution in [0.3, 0.4) is 0 Å². The Hall–Kier alpha value is -1.46. The minimum atomic E-state index is 0. The molecule has 0 aromatic heterocycles. The second-order valence-electron chi connectivity index (χ2n) is 4.64. The van der Waals surface area contributed by atoms with E-state index in [1.54, 1.807) is 0 Å². The van der Waals surface area contributed by atoms with Crippen molar-refractivity contribution in [2.45, 2.75) is 13.1 Å². The summed E-state index contributed by atoms with van der Waals surface area (Å²) in [6.07, 6.45) is 0. The molecule has 0 aliphatic carbocycles. The zero-order valence-electron chi connectivity index (χ0n) is 12.4. The molecule has 0 heterocycles. The summed E-state index contributed by atoms with van der Waals surface area (Å²) in [5.74, 6) is 1.59. The number of guanidine groups is 1. The number of benzene rings is 2. The fourth-order valence-electron chi connectivity index (χ4n) is 1.88. The summed E-state index contributed by atoms with van der Waals surface area (Å²) in [6.45, 7) is 2.21. The first kappa shape index (κ1) is 18.6. The van der Waals surface area contributed by atoms with Crippen LogP contribution in [0.2, 0.25) is 0 Å². The van der Waals surface area contributed by atoms with Gasteiger partial charge in [0.2, 0.25) is 0 Å². The fourth-order valence-corrected chi connectivity index (χ4v) is 2.00. The summed E-state index contributed by atoms with van der Waals surface area (Å²) in [4.78, 5) is 4.61. The molecule has 0 radical (unpaired) electrons. The molecular weight excluding hydrogens is 358 g/mol. The number of hydrogen-bond acceptors (Lipinski definition) is 2. The van der Waals surface area contributed by atoms with E-state index >= 15 is 0 Å². The van der Waals surface area contributed by atoms with E-state index in [4.69, 9.17) is 0 Å². The van der Waals surface area contributed by atoms with Crippen LogP contribution >= 0.6 is 29.6 Å². The van der Waals surface area contributed by atoms with E-state index in [2.05, 4.69) is 52.5 Å². The highest BCUT2D eigenvalue weighted by atomic mass is 79.9. The maximum absolute atomic E-state index is 4.61. The maximum Gasteiger partial charge on any atom is 0.191 e. The van der Waals surface area contributed by atoms with E-state index < -0.39 is 0 Å². The van der Waals surface area contributed by atoms with Gasteiger partial charge in [0.05, 0.1) is 6.54 Å². The van der Waals surface area contributed by atoms with E-state index in [0.29, 0.717) is 6.54 Å². The van der Waals surface area contributed by atoms with E-state index in [0.717, 1.165) is 24.8 Å². The molecule has 2 N–H and O–H groups in total. The third kappa shape index (κ3) is 7.00. The third-order valence-corrected chi connectivity index (χ3v) is 3.19. The molecule has 0 saturated heterocycles. The average Bonchev–Trinajstić information content (AvgIpc) is 2.56. The Labute approximate surface area is 148 Å². The molecule has 0 aliphatic heterocycles. The second-order valence-corrected chi connectivity index (χ2v) is 5.09. The summed E-state index contributed by atoms with van der Waals surface area (Å²) in [5.41, 5.74) is 2.43. The molecule has 0 bridgehead atoms. The first-order valence-corrected chi connectivity index (χ1v) is 7.72. The van der Waals surface area contributed by atoms with Crippen LogP contribution in [0.25, 0.3) is 0 Å². The summed E-state index contributed by atoms with van der Waals surface area (Å²) < 4.78 is 0. The van der Waals surface area contributed by atoms with Crippen molar-refractivity contribution in [3.8, 4) is 0 Å². The van der Waals surface area contributed by atoms with Gasteiger partial charge in [-0.15, -0.1) is 17.0 Å². The third-order valence-electron chi connectivity index (χ3n) is 2.97. The van der Waals surface area contributed by atoms with Crippen molar-refractivity contribution in [1.29, 1.82) is 0 Å². The molecule has 0 fully saturated rings. The van der Waals surface area contributed by atoms with Crippen molar-refractivity contribution in [2.24, 2.45) is 4.99 Å². The van der Waals surface area contributed by atoms with E-state index in [-0.39, 0.29) is 17.0 Å². The van der Waals surface area contributed by atoms with Crippen LogP contribution in [0, 0.1) is 0 Å². The molecular formula is C17H22BrN3S. The molecule has 2 rings (SSSR count). The van der Waals surface area contributed by atoms with Crippen LogP contribution in [0.1, 0.15) is 11.1 Å². The van der Waals surface area contributed by atoms with Gasteiger partial charge >= 0.3 is 0 Å².